The molecule has 6 heteroatoms. The van der Waals surface area contributed by atoms with Crippen LogP contribution in [0.4, 0.5) is 8.78 Å². The number of thioether (sulfide) groups is 1. The first-order valence-electron chi connectivity index (χ1n) is 4.89. The van der Waals surface area contributed by atoms with Crippen LogP contribution in [-0.4, -0.2) is 40.2 Å². The number of benzene rings is 1. The molecule has 17 heavy (non-hydrogen) atoms. The number of aliphatic hydroxyl groups excluding tert-OH is 2. The van der Waals surface area contributed by atoms with E-state index in [0.29, 0.717) is 6.07 Å². The van der Waals surface area contributed by atoms with E-state index in [4.69, 9.17) is 10.2 Å². The standard InChI is InChI=1S/C11H12F2O3S/c12-7-1-2-9(10(13)3-7)11(16)6-17-5-8(15)4-14/h1-3,8,14-15H,4-6H2. The molecule has 0 aliphatic carbocycles. The van der Waals surface area contributed by atoms with E-state index in [9.17, 15) is 13.6 Å². The van der Waals surface area contributed by atoms with Crippen LogP contribution in [0.25, 0.3) is 0 Å². The van der Waals surface area contributed by atoms with Crippen molar-refractivity contribution < 1.29 is 23.8 Å². The monoisotopic (exact) mass is 262 g/mol. The Hall–Kier alpha value is -0.980. The van der Waals surface area contributed by atoms with Crippen LogP contribution in [0.15, 0.2) is 18.2 Å². The van der Waals surface area contributed by atoms with Crippen molar-refractivity contribution in [1.29, 1.82) is 0 Å². The van der Waals surface area contributed by atoms with Crippen LogP contribution in [0, 0.1) is 11.6 Å². The second-order valence-electron chi connectivity index (χ2n) is 3.40. The fourth-order valence-electron chi connectivity index (χ4n) is 1.13. The van der Waals surface area contributed by atoms with E-state index in [1.165, 1.54) is 0 Å². The average molecular weight is 262 g/mol. The smallest absolute Gasteiger partial charge is 0.175 e. The zero-order valence-electron chi connectivity index (χ0n) is 8.90. The maximum absolute atomic E-state index is 13.2. The molecule has 1 rings (SSSR count). The van der Waals surface area contributed by atoms with Gasteiger partial charge in [-0.3, -0.25) is 4.79 Å². The number of rotatable bonds is 6. The SMILES string of the molecule is O=C(CSCC(O)CO)c1ccc(F)cc1F. The number of halogens is 2. The summed E-state index contributed by atoms with van der Waals surface area (Å²) in [6.07, 6.45) is -0.897. The number of Topliss-reactive ketones (excluding diaryl/α,β-unsaturated/α-hetero) is 1. The van der Waals surface area contributed by atoms with Gasteiger partial charge in [0.25, 0.3) is 0 Å². The number of carbonyl (C=O) groups is 1. The Morgan fingerprint density at radius 1 is 1.41 bits per heavy atom. The van der Waals surface area contributed by atoms with Crippen molar-refractivity contribution in [3.63, 3.8) is 0 Å². The lowest BCUT2D eigenvalue weighted by molar-refractivity contribution is 0.101. The summed E-state index contributed by atoms with van der Waals surface area (Å²) in [5.41, 5.74) is -0.169. The van der Waals surface area contributed by atoms with Crippen molar-refractivity contribution in [2.75, 3.05) is 18.1 Å². The third-order valence-corrected chi connectivity index (χ3v) is 3.07. The quantitative estimate of drug-likeness (QED) is 0.757. The van der Waals surface area contributed by atoms with E-state index in [1.807, 2.05) is 0 Å². The highest BCUT2D eigenvalue weighted by Gasteiger charge is 2.13. The fourth-order valence-corrected chi connectivity index (χ4v) is 1.97. The molecule has 0 saturated heterocycles. The summed E-state index contributed by atoms with van der Waals surface area (Å²) in [5, 5.41) is 17.6. The molecule has 0 spiro atoms. The van der Waals surface area contributed by atoms with Crippen LogP contribution in [0.2, 0.25) is 0 Å². The molecule has 0 amide bonds. The summed E-state index contributed by atoms with van der Waals surface area (Å²) < 4.78 is 25.8. The third-order valence-electron chi connectivity index (χ3n) is 1.99. The van der Waals surface area contributed by atoms with Crippen LogP contribution in [0.5, 0.6) is 0 Å². The van der Waals surface area contributed by atoms with Crippen molar-refractivity contribution in [2.45, 2.75) is 6.10 Å². The first-order chi connectivity index (χ1) is 8.04. The van der Waals surface area contributed by atoms with Crippen molar-refractivity contribution in [3.05, 3.63) is 35.4 Å². The van der Waals surface area contributed by atoms with E-state index in [1.54, 1.807) is 0 Å². The molecular weight excluding hydrogens is 250 g/mol. The number of carbonyl (C=O) groups excluding carboxylic acids is 1. The van der Waals surface area contributed by atoms with Gasteiger partial charge in [0, 0.05) is 11.8 Å². The maximum atomic E-state index is 13.2. The van der Waals surface area contributed by atoms with Crippen molar-refractivity contribution >= 4 is 17.5 Å². The second-order valence-corrected chi connectivity index (χ2v) is 4.43. The molecule has 0 fully saturated rings. The molecule has 1 aromatic rings. The summed E-state index contributed by atoms with van der Waals surface area (Å²) in [4.78, 5) is 11.5. The zero-order chi connectivity index (χ0) is 12.8. The average Bonchev–Trinajstić information content (AvgIpc) is 2.28. The predicted molar refractivity (Wildman–Crippen MR) is 61.1 cm³/mol. The first-order valence-corrected chi connectivity index (χ1v) is 6.05. The molecule has 0 saturated carbocycles. The highest BCUT2D eigenvalue weighted by Crippen LogP contribution is 2.13. The molecule has 0 aromatic heterocycles. The molecule has 0 aliphatic heterocycles. The third kappa shape index (κ3) is 4.41. The summed E-state index contributed by atoms with van der Waals surface area (Å²) in [6, 6.07) is 2.76. The molecule has 1 aromatic carbocycles. The lowest BCUT2D eigenvalue weighted by atomic mass is 10.1. The Morgan fingerprint density at radius 2 is 2.12 bits per heavy atom. The first kappa shape index (κ1) is 14.1. The van der Waals surface area contributed by atoms with Crippen LogP contribution in [0.1, 0.15) is 10.4 Å². The highest BCUT2D eigenvalue weighted by atomic mass is 32.2. The van der Waals surface area contributed by atoms with E-state index in [2.05, 4.69) is 0 Å². The molecule has 94 valence electrons. The van der Waals surface area contributed by atoms with Crippen LogP contribution in [0.3, 0.4) is 0 Å². The minimum absolute atomic E-state index is 0.0282. The second kappa shape index (κ2) is 6.68. The van der Waals surface area contributed by atoms with Crippen molar-refractivity contribution in [2.24, 2.45) is 0 Å². The molecule has 3 nitrogen and oxygen atoms in total. The van der Waals surface area contributed by atoms with Gasteiger partial charge in [-0.2, -0.15) is 11.8 Å². The lowest BCUT2D eigenvalue weighted by Crippen LogP contribution is -2.16. The van der Waals surface area contributed by atoms with Gasteiger partial charge >= 0.3 is 0 Å². The van der Waals surface area contributed by atoms with E-state index < -0.39 is 23.5 Å². The normalized spacial score (nSPS) is 12.5. The fraction of sp³-hybridized carbons (Fsp3) is 0.364. The Labute approximate surface area is 101 Å². The van der Waals surface area contributed by atoms with Gasteiger partial charge < -0.3 is 10.2 Å². The van der Waals surface area contributed by atoms with Crippen LogP contribution in [-0.2, 0) is 0 Å². The lowest BCUT2D eigenvalue weighted by Gasteiger charge is -2.06. The van der Waals surface area contributed by atoms with E-state index in [-0.39, 0.29) is 23.7 Å². The Balaban J connectivity index is 2.52. The number of aliphatic hydroxyl groups is 2. The summed E-state index contributed by atoms with van der Waals surface area (Å²) in [6.45, 7) is -0.383. The number of hydrogen-bond acceptors (Lipinski definition) is 4. The van der Waals surface area contributed by atoms with Gasteiger partial charge in [0.15, 0.2) is 5.78 Å². The van der Waals surface area contributed by atoms with Crippen LogP contribution < -0.4 is 0 Å². The molecule has 0 radical (unpaired) electrons. The van der Waals surface area contributed by atoms with Gasteiger partial charge in [-0.25, -0.2) is 8.78 Å². The topological polar surface area (TPSA) is 57.5 Å². The van der Waals surface area contributed by atoms with Crippen molar-refractivity contribution in [1.82, 2.24) is 0 Å². The Bertz CT molecular complexity index is 398. The van der Waals surface area contributed by atoms with Gasteiger partial charge in [-0.1, -0.05) is 0 Å². The van der Waals surface area contributed by atoms with Gasteiger partial charge in [0.05, 0.1) is 24.0 Å². The molecule has 1 atom stereocenters. The zero-order valence-corrected chi connectivity index (χ0v) is 9.71. The summed E-state index contributed by atoms with van der Waals surface area (Å²) in [5.74, 6) is -1.94. The summed E-state index contributed by atoms with van der Waals surface area (Å²) >= 11 is 1.08. The van der Waals surface area contributed by atoms with Crippen molar-refractivity contribution in [3.8, 4) is 0 Å². The predicted octanol–water partition coefficient (Wildman–Crippen LogP) is 1.23. The minimum Gasteiger partial charge on any atom is -0.394 e. The van der Waals surface area contributed by atoms with Gasteiger partial charge in [0.1, 0.15) is 11.6 Å². The number of ketones is 1. The molecule has 1 unspecified atom stereocenters. The number of hydrogen-bond donors (Lipinski definition) is 2. The molecule has 0 bridgehead atoms. The minimum atomic E-state index is -0.897. The maximum Gasteiger partial charge on any atom is 0.175 e. The molecular formula is C11H12F2O3S. The van der Waals surface area contributed by atoms with E-state index in [0.717, 1.165) is 23.9 Å². The largest absolute Gasteiger partial charge is 0.394 e. The van der Waals surface area contributed by atoms with E-state index >= 15 is 0 Å². The Kier molecular flexibility index (Phi) is 5.54. The highest BCUT2D eigenvalue weighted by molar-refractivity contribution is 8.00. The van der Waals surface area contributed by atoms with Gasteiger partial charge in [0.2, 0.25) is 0 Å². The Morgan fingerprint density at radius 3 is 2.71 bits per heavy atom. The molecule has 2 N–H and O–H groups in total. The van der Waals surface area contributed by atoms with Crippen LogP contribution >= 0.6 is 11.8 Å². The molecule has 0 heterocycles. The van der Waals surface area contributed by atoms with Gasteiger partial charge in [-0.15, -0.1) is 0 Å². The van der Waals surface area contributed by atoms with Gasteiger partial charge in [-0.05, 0) is 12.1 Å². The summed E-state index contributed by atoms with van der Waals surface area (Å²) in [7, 11) is 0. The molecule has 0 aliphatic rings.